The van der Waals surface area contributed by atoms with Crippen LogP contribution in [0.1, 0.15) is 29.2 Å². The molecular formula is C22H26N6O2. The Kier molecular flexibility index (Phi) is 5.55. The molecule has 0 aromatic carbocycles. The third-order valence-electron chi connectivity index (χ3n) is 6.02. The Hall–Kier alpha value is -3.18. The molecule has 1 N–H and O–H groups in total. The van der Waals surface area contributed by atoms with Gasteiger partial charge in [0.1, 0.15) is 11.9 Å². The van der Waals surface area contributed by atoms with Gasteiger partial charge in [-0.05, 0) is 37.6 Å². The summed E-state index contributed by atoms with van der Waals surface area (Å²) < 4.78 is 1.94. The van der Waals surface area contributed by atoms with Gasteiger partial charge in [0, 0.05) is 56.6 Å². The minimum absolute atomic E-state index is 0.0518. The van der Waals surface area contributed by atoms with E-state index in [9.17, 15) is 9.59 Å². The van der Waals surface area contributed by atoms with Crippen LogP contribution in [0.25, 0.3) is 0 Å². The van der Waals surface area contributed by atoms with E-state index in [-0.39, 0.29) is 23.9 Å². The molecule has 4 rings (SSSR count). The first kappa shape index (κ1) is 20.1. The van der Waals surface area contributed by atoms with E-state index in [1.807, 2.05) is 28.6 Å². The quantitative estimate of drug-likeness (QED) is 0.794. The molecule has 2 bridgehead atoms. The van der Waals surface area contributed by atoms with Crippen molar-refractivity contribution in [1.82, 2.24) is 19.8 Å². The first-order chi connectivity index (χ1) is 14.5. The number of piperidine rings is 1. The van der Waals surface area contributed by atoms with E-state index < -0.39 is 0 Å². The maximum absolute atomic E-state index is 13.1. The number of fused-ring (bicyclic) bond motifs is 4. The zero-order valence-corrected chi connectivity index (χ0v) is 17.3. The number of pyridine rings is 2. The van der Waals surface area contributed by atoms with E-state index >= 15 is 0 Å². The van der Waals surface area contributed by atoms with Crippen molar-refractivity contribution in [2.45, 2.75) is 25.4 Å². The summed E-state index contributed by atoms with van der Waals surface area (Å²) >= 11 is 0. The monoisotopic (exact) mass is 406 g/mol. The van der Waals surface area contributed by atoms with Gasteiger partial charge in [0.2, 0.25) is 5.91 Å². The van der Waals surface area contributed by atoms with E-state index in [1.54, 1.807) is 19.3 Å². The van der Waals surface area contributed by atoms with Gasteiger partial charge in [-0.15, -0.1) is 0 Å². The van der Waals surface area contributed by atoms with Gasteiger partial charge in [0.25, 0.3) is 5.56 Å². The molecule has 2 aliphatic rings. The zero-order valence-electron chi connectivity index (χ0n) is 17.3. The van der Waals surface area contributed by atoms with Gasteiger partial charge in [0.15, 0.2) is 0 Å². The summed E-state index contributed by atoms with van der Waals surface area (Å²) in [5.41, 5.74) is 2.40. The number of nitrogens with one attached hydrogen (secondary N) is 1. The maximum Gasteiger partial charge on any atom is 0.255 e. The molecule has 156 valence electrons. The van der Waals surface area contributed by atoms with Crippen LogP contribution in [0.4, 0.5) is 5.82 Å². The van der Waals surface area contributed by atoms with Crippen LogP contribution >= 0.6 is 0 Å². The second-order valence-electron chi connectivity index (χ2n) is 8.27. The van der Waals surface area contributed by atoms with Crippen molar-refractivity contribution in [3.05, 3.63) is 57.6 Å². The first-order valence-electron chi connectivity index (χ1n) is 10.2. The lowest BCUT2D eigenvalue weighted by molar-refractivity contribution is -0.121. The maximum atomic E-state index is 13.1. The highest BCUT2D eigenvalue weighted by atomic mass is 16.2. The van der Waals surface area contributed by atoms with E-state index in [1.165, 1.54) is 0 Å². The lowest BCUT2D eigenvalue weighted by Crippen LogP contribution is -2.48. The normalized spacial score (nSPS) is 19.9. The minimum atomic E-state index is -0.0680. The third-order valence-corrected chi connectivity index (χ3v) is 6.02. The van der Waals surface area contributed by atoms with E-state index in [4.69, 9.17) is 5.26 Å². The van der Waals surface area contributed by atoms with Gasteiger partial charge in [0.05, 0.1) is 12.1 Å². The topological polar surface area (TPSA) is 94.3 Å². The molecule has 1 fully saturated rings. The lowest BCUT2D eigenvalue weighted by atomic mass is 9.83. The van der Waals surface area contributed by atoms with Crippen molar-refractivity contribution in [3.8, 4) is 6.07 Å². The number of nitriles is 1. The predicted molar refractivity (Wildman–Crippen MR) is 113 cm³/mol. The highest BCUT2D eigenvalue weighted by molar-refractivity contribution is 5.77. The molecule has 8 nitrogen and oxygen atoms in total. The van der Waals surface area contributed by atoms with Gasteiger partial charge in [-0.2, -0.15) is 5.26 Å². The Morgan fingerprint density at radius 2 is 2.13 bits per heavy atom. The van der Waals surface area contributed by atoms with Crippen molar-refractivity contribution < 1.29 is 4.79 Å². The first-order valence-corrected chi connectivity index (χ1v) is 10.2. The molecule has 2 aromatic heterocycles. The summed E-state index contributed by atoms with van der Waals surface area (Å²) in [6, 6.07) is 9.78. The number of hydrogen-bond acceptors (Lipinski definition) is 6. The van der Waals surface area contributed by atoms with Crippen molar-refractivity contribution in [1.29, 1.82) is 5.26 Å². The summed E-state index contributed by atoms with van der Waals surface area (Å²) in [5.74, 6) is 1.47. The summed E-state index contributed by atoms with van der Waals surface area (Å²) in [6.45, 7) is 3.07. The van der Waals surface area contributed by atoms with Gasteiger partial charge >= 0.3 is 0 Å². The standard InChI is InChI=1S/C22H26N6O2/c1-24-21(29)14-26(2)12-17-4-5-19-18-7-16(11-28(19)22(17)30)10-27(13-18)20-6-3-15(8-23)9-25-20/h3-6,9,16,18H,7,10-14H2,1-2H3,(H,24,29)/t16-,18+/m0/s1. The summed E-state index contributed by atoms with van der Waals surface area (Å²) in [6.07, 6.45) is 2.68. The molecule has 2 aromatic rings. The number of carbonyl (C=O) groups excluding carboxylic acids is 1. The van der Waals surface area contributed by atoms with E-state index in [2.05, 4.69) is 27.3 Å². The molecule has 0 unspecified atom stereocenters. The smallest absolute Gasteiger partial charge is 0.255 e. The van der Waals surface area contributed by atoms with Crippen molar-refractivity contribution >= 4 is 11.7 Å². The fraction of sp³-hybridized carbons (Fsp3) is 0.455. The highest BCUT2D eigenvalue weighted by Gasteiger charge is 2.35. The highest BCUT2D eigenvalue weighted by Crippen LogP contribution is 2.36. The van der Waals surface area contributed by atoms with Gasteiger partial charge in [-0.3, -0.25) is 14.5 Å². The number of hydrogen-bond donors (Lipinski definition) is 1. The van der Waals surface area contributed by atoms with Gasteiger partial charge in [-0.25, -0.2) is 4.98 Å². The Morgan fingerprint density at radius 1 is 1.30 bits per heavy atom. The van der Waals surface area contributed by atoms with Crippen molar-refractivity contribution in [3.63, 3.8) is 0 Å². The van der Waals surface area contributed by atoms with Crippen LogP contribution in [0.5, 0.6) is 0 Å². The Labute approximate surface area is 175 Å². The fourth-order valence-corrected chi connectivity index (χ4v) is 4.61. The summed E-state index contributed by atoms with van der Waals surface area (Å²) in [5, 5.41) is 11.6. The van der Waals surface area contributed by atoms with E-state index in [0.29, 0.717) is 24.6 Å². The summed E-state index contributed by atoms with van der Waals surface area (Å²) in [4.78, 5) is 33.3. The number of carbonyl (C=O) groups is 1. The SMILES string of the molecule is CNC(=O)CN(C)Cc1ccc2n(c1=O)C[C@H]1C[C@@H]2CN(c2ccc(C#N)cn2)C1. The second kappa shape index (κ2) is 8.28. The molecule has 2 atom stereocenters. The van der Waals surface area contributed by atoms with Gasteiger partial charge in [-0.1, -0.05) is 6.07 Å². The van der Waals surface area contributed by atoms with Crippen LogP contribution in [0.15, 0.2) is 35.3 Å². The number of rotatable bonds is 5. The summed E-state index contributed by atoms with van der Waals surface area (Å²) in [7, 11) is 3.45. The fourth-order valence-electron chi connectivity index (χ4n) is 4.61. The van der Waals surface area contributed by atoms with E-state index in [0.717, 1.165) is 36.6 Å². The zero-order chi connectivity index (χ0) is 21.3. The number of anilines is 1. The Bertz CT molecular complexity index is 1040. The third kappa shape index (κ3) is 3.94. The molecule has 0 saturated carbocycles. The molecular weight excluding hydrogens is 380 g/mol. The van der Waals surface area contributed by atoms with Crippen LogP contribution in [0.2, 0.25) is 0 Å². The average molecular weight is 406 g/mol. The molecule has 1 saturated heterocycles. The lowest BCUT2D eigenvalue weighted by Gasteiger charge is -2.43. The van der Waals surface area contributed by atoms with Crippen LogP contribution in [0, 0.1) is 17.2 Å². The van der Waals surface area contributed by atoms with Crippen LogP contribution in [-0.2, 0) is 17.9 Å². The predicted octanol–water partition coefficient (Wildman–Crippen LogP) is 0.916. The molecule has 8 heteroatoms. The van der Waals surface area contributed by atoms with Crippen LogP contribution < -0.4 is 15.8 Å². The molecule has 0 radical (unpaired) electrons. The molecule has 0 spiro atoms. The van der Waals surface area contributed by atoms with Crippen molar-refractivity contribution in [2.24, 2.45) is 5.92 Å². The number of amides is 1. The van der Waals surface area contributed by atoms with Crippen molar-refractivity contribution in [2.75, 3.05) is 38.6 Å². The average Bonchev–Trinajstić information content (AvgIpc) is 2.75. The number of aromatic nitrogens is 2. The Morgan fingerprint density at radius 3 is 2.83 bits per heavy atom. The number of likely N-dealkylation sites (N-methyl/N-ethyl adjacent to an activating group) is 2. The molecule has 2 aliphatic heterocycles. The molecule has 0 aliphatic carbocycles. The second-order valence-corrected chi connectivity index (χ2v) is 8.27. The molecule has 4 heterocycles. The Balaban J connectivity index is 1.54. The van der Waals surface area contributed by atoms with Gasteiger partial charge < -0.3 is 14.8 Å². The molecule has 1 amide bonds. The minimum Gasteiger partial charge on any atom is -0.358 e. The largest absolute Gasteiger partial charge is 0.358 e. The van der Waals surface area contributed by atoms with Crippen LogP contribution in [-0.4, -0.2) is 54.1 Å². The molecule has 30 heavy (non-hydrogen) atoms. The number of nitrogens with zero attached hydrogens (tertiary/aromatic N) is 5. The van der Waals surface area contributed by atoms with Crippen LogP contribution in [0.3, 0.4) is 0 Å².